The Morgan fingerprint density at radius 2 is 1.00 bits per heavy atom. The highest BCUT2D eigenvalue weighted by Crippen LogP contribution is 2.42. The van der Waals surface area contributed by atoms with Gasteiger partial charge in [-0.15, -0.1) is 0 Å². The molecule has 57 heavy (non-hydrogen) atoms. The Morgan fingerprint density at radius 1 is 0.421 bits per heavy atom. The second-order valence-corrected chi connectivity index (χ2v) is 14.6. The van der Waals surface area contributed by atoms with Crippen molar-refractivity contribution < 1.29 is 4.42 Å². The fourth-order valence-corrected chi connectivity index (χ4v) is 8.54. The Hall–Kier alpha value is -7.62. The summed E-state index contributed by atoms with van der Waals surface area (Å²) in [6.45, 7) is 3.89. The predicted molar refractivity (Wildman–Crippen MR) is 241 cm³/mol. The van der Waals surface area contributed by atoms with Crippen LogP contribution in [0.3, 0.4) is 0 Å². The van der Waals surface area contributed by atoms with E-state index >= 15 is 0 Å². The summed E-state index contributed by atoms with van der Waals surface area (Å²) in [6, 6.07) is 71.8. The van der Waals surface area contributed by atoms with E-state index in [2.05, 4.69) is 210 Å². The van der Waals surface area contributed by atoms with Crippen molar-refractivity contribution >= 4 is 77.7 Å². The highest BCUT2D eigenvalue weighted by atomic mass is 16.3. The van der Waals surface area contributed by atoms with Crippen molar-refractivity contribution in [3.05, 3.63) is 212 Å². The van der Waals surface area contributed by atoms with Crippen molar-refractivity contribution in [3.8, 4) is 27.9 Å². The fourth-order valence-electron chi connectivity index (χ4n) is 8.54. The summed E-state index contributed by atoms with van der Waals surface area (Å²) in [4.78, 5) is 2.32. The Kier molecular flexibility index (Phi) is 7.65. The summed E-state index contributed by atoms with van der Waals surface area (Å²) in [5.41, 5.74) is 14.4. The summed E-state index contributed by atoms with van der Waals surface area (Å²) in [6.07, 6.45) is 1.88. The molecule has 2 aromatic heterocycles. The van der Waals surface area contributed by atoms with Crippen LogP contribution in [0.2, 0.25) is 0 Å². The molecule has 0 amide bonds. The van der Waals surface area contributed by atoms with Crippen molar-refractivity contribution in [1.82, 2.24) is 4.57 Å². The van der Waals surface area contributed by atoms with Crippen LogP contribution in [-0.4, -0.2) is 4.57 Å². The number of hydrogen-bond acceptors (Lipinski definition) is 2. The molecule has 2 heterocycles. The van der Waals surface area contributed by atoms with E-state index in [4.69, 9.17) is 4.42 Å². The van der Waals surface area contributed by atoms with E-state index in [1.165, 1.54) is 49.3 Å². The maximum absolute atomic E-state index is 6.31. The van der Waals surface area contributed by atoms with Gasteiger partial charge in [-0.05, 0) is 124 Å². The molecule has 0 N–H and O–H groups in total. The molecule has 0 spiro atoms. The van der Waals surface area contributed by atoms with E-state index < -0.39 is 0 Å². The number of para-hydroxylation sites is 3. The topological polar surface area (TPSA) is 21.3 Å². The molecule has 0 radical (unpaired) electrons. The maximum Gasteiger partial charge on any atom is 0.136 e. The van der Waals surface area contributed by atoms with Crippen LogP contribution in [0.25, 0.3) is 88.5 Å². The summed E-state index contributed by atoms with van der Waals surface area (Å²) < 4.78 is 8.71. The second-order valence-electron chi connectivity index (χ2n) is 14.6. The summed E-state index contributed by atoms with van der Waals surface area (Å²) in [5.74, 6) is 0. The zero-order chi connectivity index (χ0) is 37.9. The SMILES string of the molecule is C=Cc1ccc(-c2ccc(N(c3ccccc3)c3ccc(-c4ccc5c(c4)c4cc6c(ccc7oc8ccccc8c76)cc4n5-c4ccccc4)cc3)cc2)cc1. The van der Waals surface area contributed by atoms with Gasteiger partial charge in [-0.2, -0.15) is 0 Å². The van der Waals surface area contributed by atoms with E-state index in [1.807, 2.05) is 12.1 Å². The van der Waals surface area contributed by atoms with Gasteiger partial charge in [0.1, 0.15) is 11.2 Å². The number of nitrogens with zero attached hydrogens (tertiary/aromatic N) is 2. The molecule has 0 saturated carbocycles. The van der Waals surface area contributed by atoms with Gasteiger partial charge in [-0.25, -0.2) is 0 Å². The van der Waals surface area contributed by atoms with Crippen molar-refractivity contribution in [2.45, 2.75) is 0 Å². The van der Waals surface area contributed by atoms with Crippen LogP contribution in [0, 0.1) is 0 Å². The van der Waals surface area contributed by atoms with Gasteiger partial charge in [0, 0.05) is 44.3 Å². The van der Waals surface area contributed by atoms with E-state index in [9.17, 15) is 0 Å². The highest BCUT2D eigenvalue weighted by molar-refractivity contribution is 6.23. The minimum absolute atomic E-state index is 0.912. The van der Waals surface area contributed by atoms with Crippen molar-refractivity contribution in [1.29, 1.82) is 0 Å². The number of anilines is 3. The molecule has 3 heteroatoms. The number of rotatable bonds is 7. The van der Waals surface area contributed by atoms with E-state index in [-0.39, 0.29) is 0 Å². The highest BCUT2D eigenvalue weighted by Gasteiger charge is 2.18. The monoisotopic (exact) mass is 728 g/mol. The van der Waals surface area contributed by atoms with Crippen LogP contribution in [-0.2, 0) is 0 Å². The Morgan fingerprint density at radius 3 is 1.70 bits per heavy atom. The Balaban J connectivity index is 1.03. The van der Waals surface area contributed by atoms with Crippen molar-refractivity contribution in [3.63, 3.8) is 0 Å². The lowest BCUT2D eigenvalue weighted by Crippen LogP contribution is -2.09. The third kappa shape index (κ3) is 5.51. The smallest absolute Gasteiger partial charge is 0.136 e. The molecule has 0 fully saturated rings. The van der Waals surface area contributed by atoms with Crippen LogP contribution in [0.4, 0.5) is 17.1 Å². The minimum Gasteiger partial charge on any atom is -0.456 e. The predicted octanol–water partition coefficient (Wildman–Crippen LogP) is 15.3. The average Bonchev–Trinajstić information content (AvgIpc) is 3.82. The first-order valence-corrected chi connectivity index (χ1v) is 19.4. The van der Waals surface area contributed by atoms with Crippen LogP contribution >= 0.6 is 0 Å². The van der Waals surface area contributed by atoms with Crippen LogP contribution in [0.15, 0.2) is 211 Å². The molecule has 11 rings (SSSR count). The first kappa shape index (κ1) is 32.8. The van der Waals surface area contributed by atoms with E-state index in [0.717, 1.165) is 55.8 Å². The molecule has 0 aliphatic carbocycles. The number of benzene rings is 9. The maximum atomic E-state index is 6.31. The normalized spacial score (nSPS) is 11.6. The molecule has 0 saturated heterocycles. The summed E-state index contributed by atoms with van der Waals surface area (Å²) in [7, 11) is 0. The van der Waals surface area contributed by atoms with Gasteiger partial charge in [-0.1, -0.05) is 128 Å². The molecule has 0 bridgehead atoms. The Labute approximate surface area is 330 Å². The van der Waals surface area contributed by atoms with Gasteiger partial charge in [-0.3, -0.25) is 0 Å². The van der Waals surface area contributed by atoms with Gasteiger partial charge in [0.2, 0.25) is 0 Å². The lowest BCUT2D eigenvalue weighted by molar-refractivity contribution is 0.669. The van der Waals surface area contributed by atoms with Crippen LogP contribution in [0.5, 0.6) is 0 Å². The van der Waals surface area contributed by atoms with E-state index in [1.54, 1.807) is 0 Å². The zero-order valence-electron chi connectivity index (χ0n) is 31.1. The molecule has 0 atom stereocenters. The third-order valence-corrected chi connectivity index (χ3v) is 11.3. The molecule has 3 nitrogen and oxygen atoms in total. The van der Waals surface area contributed by atoms with Gasteiger partial charge in [0.25, 0.3) is 0 Å². The van der Waals surface area contributed by atoms with Gasteiger partial charge < -0.3 is 13.9 Å². The van der Waals surface area contributed by atoms with Gasteiger partial charge >= 0.3 is 0 Å². The Bertz CT molecular complexity index is 3270. The quantitative estimate of drug-likeness (QED) is 0.163. The van der Waals surface area contributed by atoms with Crippen LogP contribution in [0.1, 0.15) is 5.56 Å². The molecular formula is C54H36N2O. The third-order valence-electron chi connectivity index (χ3n) is 11.3. The largest absolute Gasteiger partial charge is 0.456 e. The molecular weight excluding hydrogens is 693 g/mol. The van der Waals surface area contributed by atoms with Crippen LogP contribution < -0.4 is 4.90 Å². The first-order chi connectivity index (χ1) is 28.2. The zero-order valence-corrected chi connectivity index (χ0v) is 31.1. The average molecular weight is 729 g/mol. The number of hydrogen-bond donors (Lipinski definition) is 0. The summed E-state index contributed by atoms with van der Waals surface area (Å²) in [5, 5.41) is 7.13. The fraction of sp³-hybridized carbons (Fsp3) is 0. The van der Waals surface area contributed by atoms with Crippen molar-refractivity contribution in [2.75, 3.05) is 4.90 Å². The molecule has 9 aromatic carbocycles. The molecule has 0 aliphatic heterocycles. The number of furan rings is 1. The van der Waals surface area contributed by atoms with Gasteiger partial charge in [0.15, 0.2) is 0 Å². The molecule has 268 valence electrons. The molecule has 11 aromatic rings. The number of aromatic nitrogens is 1. The molecule has 0 aliphatic rings. The number of fused-ring (bicyclic) bond motifs is 8. The second kappa shape index (κ2) is 13.3. The van der Waals surface area contributed by atoms with Crippen molar-refractivity contribution in [2.24, 2.45) is 0 Å². The standard InChI is InChI=1S/C54H36N2O/c1-2-36-17-19-37(20-18-36)38-21-27-44(28-22-38)55(42-11-5-3-6-12-42)45-29-23-39(24-30-45)40-25-31-50-48(33-40)49-35-47-41(34-51(49)56(50)43-13-7-4-8-14-43)26-32-53-54(47)46-15-9-10-16-52(46)57-53/h2-35H,1H2. The lowest BCUT2D eigenvalue weighted by Gasteiger charge is -2.26. The minimum atomic E-state index is 0.912. The summed E-state index contributed by atoms with van der Waals surface area (Å²) >= 11 is 0. The lowest BCUT2D eigenvalue weighted by atomic mass is 9.99. The van der Waals surface area contributed by atoms with Gasteiger partial charge in [0.05, 0.1) is 11.0 Å². The van der Waals surface area contributed by atoms with E-state index in [0.29, 0.717) is 0 Å². The first-order valence-electron chi connectivity index (χ1n) is 19.4. The molecule has 0 unspecified atom stereocenters.